The molecule has 0 atom stereocenters. The number of hydrogen-bond acceptors (Lipinski definition) is 3. The Morgan fingerprint density at radius 2 is 2.31 bits per heavy atom. The molecule has 0 unspecified atom stereocenters. The third-order valence-corrected chi connectivity index (χ3v) is 2.58. The molecule has 0 aromatic carbocycles. The van der Waals surface area contributed by atoms with Gasteiger partial charge < -0.3 is 4.90 Å². The highest BCUT2D eigenvalue weighted by Gasteiger charge is 2.16. The molecule has 0 aliphatic rings. The van der Waals surface area contributed by atoms with E-state index in [-0.39, 0.29) is 11.9 Å². The number of pyridine rings is 1. The molecule has 0 bridgehead atoms. The van der Waals surface area contributed by atoms with Gasteiger partial charge in [-0.15, -0.1) is 0 Å². The lowest BCUT2D eigenvalue weighted by Gasteiger charge is -2.27. The molecule has 0 amide bonds. The smallest absolute Gasteiger partial charge is 0.166 e. The average molecular weight is 286 g/mol. The Balaban J connectivity index is 2.97. The van der Waals surface area contributed by atoms with Gasteiger partial charge in [-0.2, -0.15) is 5.26 Å². The molecule has 1 rings (SSSR count). The van der Waals surface area contributed by atoms with Crippen molar-refractivity contribution in [1.29, 1.82) is 5.26 Å². The molecule has 1 aromatic heterocycles. The Morgan fingerprint density at radius 1 is 1.62 bits per heavy atom. The van der Waals surface area contributed by atoms with Crippen LogP contribution >= 0.6 is 15.9 Å². The Bertz CT molecular complexity index is 401. The molecule has 0 radical (unpaired) electrons. The van der Waals surface area contributed by atoms with E-state index >= 15 is 0 Å². The summed E-state index contributed by atoms with van der Waals surface area (Å²) >= 11 is 3.16. The van der Waals surface area contributed by atoms with Gasteiger partial charge in [0.2, 0.25) is 0 Å². The maximum Gasteiger partial charge on any atom is 0.166 e. The maximum absolute atomic E-state index is 13.7. The highest BCUT2D eigenvalue weighted by Crippen LogP contribution is 2.21. The molecule has 1 heterocycles. The number of anilines is 1. The van der Waals surface area contributed by atoms with E-state index in [4.69, 9.17) is 5.26 Å². The number of rotatable bonds is 4. The van der Waals surface area contributed by atoms with E-state index in [1.54, 1.807) is 11.1 Å². The first kappa shape index (κ1) is 12.9. The highest BCUT2D eigenvalue weighted by molar-refractivity contribution is 9.10. The van der Waals surface area contributed by atoms with Crippen LogP contribution in [0.4, 0.5) is 10.2 Å². The van der Waals surface area contributed by atoms with Gasteiger partial charge in [0.1, 0.15) is 0 Å². The van der Waals surface area contributed by atoms with E-state index in [0.29, 0.717) is 23.3 Å². The standard InChI is InChI=1S/C11H13BrFN3/c1-8(2)16(5-3-4-14)11-10(13)6-9(12)7-15-11/h6-8H,3,5H2,1-2H3. The van der Waals surface area contributed by atoms with Crippen LogP contribution in [0.2, 0.25) is 0 Å². The van der Waals surface area contributed by atoms with Crippen molar-refractivity contribution in [2.45, 2.75) is 26.3 Å². The fourth-order valence-electron chi connectivity index (χ4n) is 1.40. The van der Waals surface area contributed by atoms with Gasteiger partial charge in [0, 0.05) is 23.3 Å². The van der Waals surface area contributed by atoms with Crippen LogP contribution in [0.25, 0.3) is 0 Å². The molecule has 0 saturated carbocycles. The zero-order chi connectivity index (χ0) is 12.1. The largest absolute Gasteiger partial charge is 0.351 e. The van der Waals surface area contributed by atoms with Crippen LogP contribution in [0.5, 0.6) is 0 Å². The number of nitriles is 1. The van der Waals surface area contributed by atoms with Gasteiger partial charge in [-0.05, 0) is 35.8 Å². The molecule has 0 spiro atoms. The summed E-state index contributed by atoms with van der Waals surface area (Å²) in [6.45, 7) is 4.38. The molecule has 1 aromatic rings. The van der Waals surface area contributed by atoms with Gasteiger partial charge in [0.25, 0.3) is 0 Å². The van der Waals surface area contributed by atoms with Gasteiger partial charge in [0.05, 0.1) is 12.5 Å². The van der Waals surface area contributed by atoms with Crippen LogP contribution in [0.1, 0.15) is 20.3 Å². The first-order chi connectivity index (χ1) is 7.56. The molecule has 86 valence electrons. The molecule has 0 aliphatic heterocycles. The third kappa shape index (κ3) is 3.17. The summed E-state index contributed by atoms with van der Waals surface area (Å²) in [6.07, 6.45) is 1.91. The summed E-state index contributed by atoms with van der Waals surface area (Å²) in [5, 5.41) is 8.56. The predicted octanol–water partition coefficient (Wildman–Crippen LogP) is 3.11. The lowest BCUT2D eigenvalue weighted by molar-refractivity contribution is 0.589. The second kappa shape index (κ2) is 5.80. The summed E-state index contributed by atoms with van der Waals surface area (Å²) in [5.41, 5.74) is 0. The van der Waals surface area contributed by atoms with Crippen molar-refractivity contribution in [3.8, 4) is 6.07 Å². The van der Waals surface area contributed by atoms with Crippen molar-refractivity contribution in [2.75, 3.05) is 11.4 Å². The highest BCUT2D eigenvalue weighted by atomic mass is 79.9. The van der Waals surface area contributed by atoms with Gasteiger partial charge in [-0.3, -0.25) is 0 Å². The van der Waals surface area contributed by atoms with Gasteiger partial charge in [-0.25, -0.2) is 9.37 Å². The van der Waals surface area contributed by atoms with E-state index in [0.717, 1.165) is 0 Å². The lowest BCUT2D eigenvalue weighted by Crippen LogP contribution is -2.33. The summed E-state index contributed by atoms with van der Waals surface area (Å²) in [6, 6.07) is 3.54. The van der Waals surface area contributed by atoms with Crippen LogP contribution in [0, 0.1) is 17.1 Å². The van der Waals surface area contributed by atoms with Crippen LogP contribution in [0.3, 0.4) is 0 Å². The van der Waals surface area contributed by atoms with Crippen molar-refractivity contribution in [1.82, 2.24) is 4.98 Å². The summed E-state index contributed by atoms with van der Waals surface area (Å²) in [5.74, 6) is -0.0746. The van der Waals surface area contributed by atoms with Crippen LogP contribution in [-0.4, -0.2) is 17.6 Å². The Hall–Kier alpha value is -1.15. The normalized spacial score (nSPS) is 10.2. The second-order valence-electron chi connectivity index (χ2n) is 3.65. The number of aromatic nitrogens is 1. The SMILES string of the molecule is CC(C)N(CCC#N)c1ncc(Br)cc1F. The maximum atomic E-state index is 13.7. The molecule has 0 N–H and O–H groups in total. The third-order valence-electron chi connectivity index (χ3n) is 2.15. The van der Waals surface area contributed by atoms with E-state index < -0.39 is 0 Å². The molecule has 3 nitrogen and oxygen atoms in total. The molecule has 0 fully saturated rings. The quantitative estimate of drug-likeness (QED) is 0.853. The summed E-state index contributed by atoms with van der Waals surface area (Å²) in [7, 11) is 0. The topological polar surface area (TPSA) is 39.9 Å². The Kier molecular flexibility index (Phi) is 4.69. The van der Waals surface area contributed by atoms with Crippen LogP contribution < -0.4 is 4.90 Å². The fourth-order valence-corrected chi connectivity index (χ4v) is 1.70. The van der Waals surface area contributed by atoms with Gasteiger partial charge in [-0.1, -0.05) is 0 Å². The first-order valence-electron chi connectivity index (χ1n) is 5.01. The minimum atomic E-state index is -0.374. The summed E-state index contributed by atoms with van der Waals surface area (Å²) in [4.78, 5) is 5.83. The average Bonchev–Trinajstić information content (AvgIpc) is 2.20. The molecular weight excluding hydrogens is 273 g/mol. The zero-order valence-corrected chi connectivity index (χ0v) is 10.8. The predicted molar refractivity (Wildman–Crippen MR) is 64.6 cm³/mol. The fraction of sp³-hybridized carbons (Fsp3) is 0.455. The molecule has 0 aliphatic carbocycles. The molecule has 5 heteroatoms. The van der Waals surface area contributed by atoms with Gasteiger partial charge in [0.15, 0.2) is 11.6 Å². The zero-order valence-electron chi connectivity index (χ0n) is 9.24. The van der Waals surface area contributed by atoms with Gasteiger partial charge >= 0.3 is 0 Å². The number of halogens is 2. The molecule has 0 saturated heterocycles. The van der Waals surface area contributed by atoms with Crippen LogP contribution in [-0.2, 0) is 0 Å². The number of hydrogen-bond donors (Lipinski definition) is 0. The summed E-state index contributed by atoms with van der Waals surface area (Å²) < 4.78 is 14.3. The van der Waals surface area contributed by atoms with E-state index in [2.05, 4.69) is 27.0 Å². The lowest BCUT2D eigenvalue weighted by atomic mass is 10.2. The van der Waals surface area contributed by atoms with Crippen molar-refractivity contribution in [3.63, 3.8) is 0 Å². The Morgan fingerprint density at radius 3 is 2.81 bits per heavy atom. The first-order valence-corrected chi connectivity index (χ1v) is 5.80. The number of nitrogens with zero attached hydrogens (tertiary/aromatic N) is 3. The second-order valence-corrected chi connectivity index (χ2v) is 4.57. The Labute approximate surface area is 103 Å². The monoisotopic (exact) mass is 285 g/mol. The van der Waals surface area contributed by atoms with E-state index in [1.165, 1.54) is 6.07 Å². The van der Waals surface area contributed by atoms with E-state index in [1.807, 2.05) is 13.8 Å². The van der Waals surface area contributed by atoms with Crippen molar-refractivity contribution < 1.29 is 4.39 Å². The van der Waals surface area contributed by atoms with Crippen LogP contribution in [0.15, 0.2) is 16.7 Å². The molecular formula is C11H13BrFN3. The minimum absolute atomic E-state index is 0.108. The minimum Gasteiger partial charge on any atom is -0.351 e. The van der Waals surface area contributed by atoms with E-state index in [9.17, 15) is 4.39 Å². The van der Waals surface area contributed by atoms with Crippen molar-refractivity contribution >= 4 is 21.7 Å². The molecule has 16 heavy (non-hydrogen) atoms. The van der Waals surface area contributed by atoms with Crippen molar-refractivity contribution in [3.05, 3.63) is 22.6 Å². The van der Waals surface area contributed by atoms with Crippen molar-refractivity contribution in [2.24, 2.45) is 0 Å².